The minimum atomic E-state index is -0.523. The molecule has 0 aliphatic heterocycles. The fourth-order valence-corrected chi connectivity index (χ4v) is 2.50. The predicted molar refractivity (Wildman–Crippen MR) is 74.0 cm³/mol. The number of aromatic nitrogens is 2. The molecule has 1 aromatic carbocycles. The number of nitrogens with zero attached hydrogens (tertiary/aromatic N) is 2. The third-order valence-electron chi connectivity index (χ3n) is 2.13. The molecule has 0 amide bonds. The first kappa shape index (κ1) is 14.1. The highest BCUT2D eigenvalue weighted by Crippen LogP contribution is 2.33. The van der Waals surface area contributed by atoms with E-state index in [2.05, 4.69) is 14.7 Å². The summed E-state index contributed by atoms with van der Waals surface area (Å²) in [5.74, 6) is -0.523. The second kappa shape index (κ2) is 6.23. The summed E-state index contributed by atoms with van der Waals surface area (Å²) in [6.07, 6.45) is 2.83. The van der Waals surface area contributed by atoms with E-state index in [1.807, 2.05) is 0 Å². The number of carbonyl (C=O) groups is 1. The van der Waals surface area contributed by atoms with Crippen molar-refractivity contribution >= 4 is 40.9 Å². The van der Waals surface area contributed by atoms with Crippen LogP contribution in [0.5, 0.6) is 0 Å². The van der Waals surface area contributed by atoms with E-state index >= 15 is 0 Å². The lowest BCUT2D eigenvalue weighted by molar-refractivity contribution is 0.0593. The maximum atomic E-state index is 11.2. The Morgan fingerprint density at radius 3 is 2.68 bits per heavy atom. The molecule has 0 saturated carbocycles. The number of hydrogen-bond donors (Lipinski definition) is 0. The Bertz CT molecular complexity index is 605. The number of esters is 1. The molecule has 0 N–H and O–H groups in total. The van der Waals surface area contributed by atoms with Crippen molar-refractivity contribution in [2.24, 2.45) is 0 Å². The highest BCUT2D eigenvalue weighted by Gasteiger charge is 2.09. The molecule has 0 bridgehead atoms. The van der Waals surface area contributed by atoms with Gasteiger partial charge >= 0.3 is 5.97 Å². The minimum Gasteiger partial charge on any atom is -0.464 e. The number of carbonyl (C=O) groups excluding carboxylic acids is 1. The monoisotopic (exact) mass is 314 g/mol. The van der Waals surface area contributed by atoms with Crippen LogP contribution in [0.15, 0.2) is 40.5 Å². The Morgan fingerprint density at radius 2 is 2.05 bits per heavy atom. The van der Waals surface area contributed by atoms with Gasteiger partial charge in [0.1, 0.15) is 5.03 Å². The van der Waals surface area contributed by atoms with Crippen LogP contribution in [0.1, 0.15) is 10.5 Å². The molecule has 7 heteroatoms. The van der Waals surface area contributed by atoms with E-state index in [0.717, 1.165) is 4.90 Å². The third kappa shape index (κ3) is 3.59. The van der Waals surface area contributed by atoms with Gasteiger partial charge in [-0.3, -0.25) is 0 Å². The first-order valence-electron chi connectivity index (χ1n) is 5.13. The maximum absolute atomic E-state index is 11.2. The number of benzene rings is 1. The van der Waals surface area contributed by atoms with E-state index in [0.29, 0.717) is 15.1 Å². The van der Waals surface area contributed by atoms with Crippen molar-refractivity contribution in [2.45, 2.75) is 9.92 Å². The SMILES string of the molecule is COC(=O)c1cnc(Sc2cc(Cl)ccc2Cl)cn1. The standard InChI is InChI=1S/C12H8Cl2N2O2S/c1-18-12(17)9-5-16-11(6-15-9)19-10-4-7(13)2-3-8(10)14/h2-6H,1H3. The van der Waals surface area contributed by atoms with E-state index in [1.54, 1.807) is 18.2 Å². The van der Waals surface area contributed by atoms with Crippen molar-refractivity contribution in [2.75, 3.05) is 7.11 Å². The van der Waals surface area contributed by atoms with Crippen molar-refractivity contribution in [1.82, 2.24) is 9.97 Å². The Balaban J connectivity index is 2.19. The van der Waals surface area contributed by atoms with Gasteiger partial charge in [0.25, 0.3) is 0 Å². The van der Waals surface area contributed by atoms with E-state index in [-0.39, 0.29) is 5.69 Å². The topological polar surface area (TPSA) is 52.1 Å². The normalized spacial score (nSPS) is 10.3. The van der Waals surface area contributed by atoms with E-state index < -0.39 is 5.97 Å². The van der Waals surface area contributed by atoms with Gasteiger partial charge < -0.3 is 4.74 Å². The highest BCUT2D eigenvalue weighted by molar-refractivity contribution is 7.99. The van der Waals surface area contributed by atoms with Crippen LogP contribution in [0.2, 0.25) is 10.0 Å². The fraction of sp³-hybridized carbons (Fsp3) is 0.0833. The quantitative estimate of drug-likeness (QED) is 0.808. The summed E-state index contributed by atoms with van der Waals surface area (Å²) < 4.78 is 4.54. The zero-order valence-corrected chi connectivity index (χ0v) is 12.1. The minimum absolute atomic E-state index is 0.157. The zero-order chi connectivity index (χ0) is 13.8. The summed E-state index contributed by atoms with van der Waals surface area (Å²) in [7, 11) is 1.29. The zero-order valence-electron chi connectivity index (χ0n) is 9.76. The van der Waals surface area contributed by atoms with Gasteiger partial charge in [-0.15, -0.1) is 0 Å². The Kier molecular flexibility index (Phi) is 4.63. The summed E-state index contributed by atoms with van der Waals surface area (Å²) in [5.41, 5.74) is 0.157. The Hall–Kier alpha value is -1.30. The molecule has 1 aromatic heterocycles. The van der Waals surface area contributed by atoms with E-state index in [9.17, 15) is 4.79 Å². The molecule has 19 heavy (non-hydrogen) atoms. The molecule has 0 radical (unpaired) electrons. The second-order valence-electron chi connectivity index (χ2n) is 3.41. The van der Waals surface area contributed by atoms with Crippen LogP contribution in [0.3, 0.4) is 0 Å². The van der Waals surface area contributed by atoms with Gasteiger partial charge in [0.2, 0.25) is 0 Å². The summed E-state index contributed by atoms with van der Waals surface area (Å²) in [4.78, 5) is 20.1. The van der Waals surface area contributed by atoms with Crippen LogP contribution in [0.25, 0.3) is 0 Å². The summed E-state index contributed by atoms with van der Waals surface area (Å²) in [5, 5.41) is 1.77. The van der Waals surface area contributed by atoms with Crippen LogP contribution < -0.4 is 0 Å². The molecule has 4 nitrogen and oxygen atoms in total. The fourth-order valence-electron chi connectivity index (χ4n) is 1.25. The molecule has 2 rings (SSSR count). The van der Waals surface area contributed by atoms with Gasteiger partial charge in [-0.1, -0.05) is 35.0 Å². The molecule has 0 unspecified atom stereocenters. The molecule has 0 aliphatic carbocycles. The predicted octanol–water partition coefficient (Wildman–Crippen LogP) is 3.72. The lowest BCUT2D eigenvalue weighted by Gasteiger charge is -2.04. The average molecular weight is 315 g/mol. The third-order valence-corrected chi connectivity index (χ3v) is 3.78. The number of halogens is 2. The van der Waals surface area contributed by atoms with Crippen molar-refractivity contribution in [3.05, 3.63) is 46.3 Å². The molecule has 1 heterocycles. The molecule has 0 spiro atoms. The summed E-state index contributed by atoms with van der Waals surface area (Å²) in [6, 6.07) is 5.16. The Labute approximate surface area is 124 Å². The largest absolute Gasteiger partial charge is 0.464 e. The van der Waals surface area contributed by atoms with Crippen molar-refractivity contribution < 1.29 is 9.53 Å². The van der Waals surface area contributed by atoms with Gasteiger partial charge in [0.15, 0.2) is 5.69 Å². The van der Waals surface area contributed by atoms with Gasteiger partial charge in [-0.05, 0) is 18.2 Å². The van der Waals surface area contributed by atoms with Crippen LogP contribution >= 0.6 is 35.0 Å². The number of ether oxygens (including phenoxy) is 1. The number of rotatable bonds is 3. The van der Waals surface area contributed by atoms with Crippen LogP contribution in [-0.4, -0.2) is 23.0 Å². The van der Waals surface area contributed by atoms with Crippen LogP contribution in [-0.2, 0) is 4.74 Å². The molecular weight excluding hydrogens is 307 g/mol. The molecule has 2 aromatic rings. The molecule has 0 atom stereocenters. The lowest BCUT2D eigenvalue weighted by atomic mass is 10.4. The first-order valence-corrected chi connectivity index (χ1v) is 6.70. The highest BCUT2D eigenvalue weighted by atomic mass is 35.5. The molecule has 0 saturated heterocycles. The van der Waals surface area contributed by atoms with Gasteiger partial charge in [0.05, 0.1) is 24.5 Å². The first-order chi connectivity index (χ1) is 9.10. The van der Waals surface area contributed by atoms with E-state index in [4.69, 9.17) is 23.2 Å². The maximum Gasteiger partial charge on any atom is 0.358 e. The molecule has 0 fully saturated rings. The molecule has 0 aliphatic rings. The van der Waals surface area contributed by atoms with Crippen molar-refractivity contribution in [3.8, 4) is 0 Å². The number of methoxy groups -OCH3 is 1. The lowest BCUT2D eigenvalue weighted by Crippen LogP contribution is -2.04. The van der Waals surface area contributed by atoms with Crippen LogP contribution in [0.4, 0.5) is 0 Å². The molecule has 98 valence electrons. The number of hydrogen-bond acceptors (Lipinski definition) is 5. The van der Waals surface area contributed by atoms with Crippen molar-refractivity contribution in [3.63, 3.8) is 0 Å². The average Bonchev–Trinajstić information content (AvgIpc) is 2.43. The van der Waals surface area contributed by atoms with E-state index in [1.165, 1.54) is 31.3 Å². The molecular formula is C12H8Cl2N2O2S. The van der Waals surface area contributed by atoms with Gasteiger partial charge in [-0.25, -0.2) is 14.8 Å². The summed E-state index contributed by atoms with van der Waals surface area (Å²) >= 11 is 13.3. The van der Waals surface area contributed by atoms with Crippen molar-refractivity contribution in [1.29, 1.82) is 0 Å². The Morgan fingerprint density at radius 1 is 1.26 bits per heavy atom. The van der Waals surface area contributed by atoms with Gasteiger partial charge in [0, 0.05) is 9.92 Å². The van der Waals surface area contributed by atoms with Crippen LogP contribution in [0, 0.1) is 0 Å². The summed E-state index contributed by atoms with van der Waals surface area (Å²) in [6.45, 7) is 0. The smallest absolute Gasteiger partial charge is 0.358 e. The van der Waals surface area contributed by atoms with Gasteiger partial charge in [-0.2, -0.15) is 0 Å². The second-order valence-corrected chi connectivity index (χ2v) is 5.31.